The number of aromatic nitrogens is 2. The summed E-state index contributed by atoms with van der Waals surface area (Å²) in [5.41, 5.74) is 5.16. The average molecular weight is 225 g/mol. The van der Waals surface area contributed by atoms with E-state index >= 15 is 0 Å². The van der Waals surface area contributed by atoms with E-state index in [-0.39, 0.29) is 11.9 Å². The van der Waals surface area contributed by atoms with E-state index in [1.807, 2.05) is 6.92 Å². The topological polar surface area (TPSA) is 82.2 Å². The van der Waals surface area contributed by atoms with E-state index < -0.39 is 5.91 Å². The number of methoxy groups -OCH3 is 1. The van der Waals surface area contributed by atoms with Crippen LogP contribution >= 0.6 is 0 Å². The third kappa shape index (κ3) is 3.63. The second-order valence-corrected chi connectivity index (χ2v) is 3.56. The summed E-state index contributed by atoms with van der Waals surface area (Å²) in [4.78, 5) is 14.7. The van der Waals surface area contributed by atoms with E-state index in [0.717, 1.165) is 6.54 Å². The maximum Gasteiger partial charge on any atom is 0.284 e. The predicted molar refractivity (Wildman–Crippen MR) is 58.9 cm³/mol. The van der Waals surface area contributed by atoms with Gasteiger partial charge in [0.2, 0.25) is 0 Å². The van der Waals surface area contributed by atoms with Gasteiger partial charge in [-0.25, -0.2) is 4.98 Å². The molecular formula is C10H17N4O2. The van der Waals surface area contributed by atoms with Gasteiger partial charge in [0.05, 0.1) is 6.61 Å². The van der Waals surface area contributed by atoms with Crippen LogP contribution in [0.15, 0.2) is 6.20 Å². The van der Waals surface area contributed by atoms with Crippen molar-refractivity contribution >= 4 is 5.91 Å². The fourth-order valence-electron chi connectivity index (χ4n) is 1.39. The standard InChI is InChI=1S/C10H17N4O2/c1-8(7-16-2)12-3-5-14-6-4-13-10(14)9(11)15/h6,8,12H,3,5,7H2,1-2H3,(H2,11,15). The van der Waals surface area contributed by atoms with Crippen LogP contribution in [0.4, 0.5) is 0 Å². The van der Waals surface area contributed by atoms with Gasteiger partial charge in [-0.05, 0) is 6.92 Å². The summed E-state index contributed by atoms with van der Waals surface area (Å²) in [6.45, 7) is 4.02. The van der Waals surface area contributed by atoms with Gasteiger partial charge < -0.3 is 20.4 Å². The van der Waals surface area contributed by atoms with Crippen LogP contribution in [0.1, 0.15) is 17.5 Å². The Hall–Kier alpha value is -1.40. The first-order valence-electron chi connectivity index (χ1n) is 5.10. The molecule has 0 fully saturated rings. The monoisotopic (exact) mass is 225 g/mol. The molecule has 6 nitrogen and oxygen atoms in total. The molecule has 0 aromatic carbocycles. The minimum atomic E-state index is -0.536. The molecule has 0 aliphatic heterocycles. The van der Waals surface area contributed by atoms with E-state index in [2.05, 4.69) is 16.5 Å². The maximum atomic E-state index is 11.0. The molecule has 1 atom stereocenters. The van der Waals surface area contributed by atoms with E-state index in [1.165, 1.54) is 0 Å². The molecule has 0 saturated heterocycles. The molecule has 0 bridgehead atoms. The van der Waals surface area contributed by atoms with Crippen molar-refractivity contribution in [2.45, 2.75) is 19.5 Å². The number of rotatable bonds is 7. The number of hydrogen-bond acceptors (Lipinski definition) is 4. The summed E-state index contributed by atoms with van der Waals surface area (Å²) in [6.07, 6.45) is 4.22. The number of nitrogens with one attached hydrogen (secondary N) is 1. The summed E-state index contributed by atoms with van der Waals surface area (Å²) in [6, 6.07) is 0.273. The summed E-state index contributed by atoms with van der Waals surface area (Å²) in [7, 11) is 1.66. The number of nitrogens with zero attached hydrogens (tertiary/aromatic N) is 2. The molecule has 1 unspecified atom stereocenters. The van der Waals surface area contributed by atoms with Gasteiger partial charge in [0.15, 0.2) is 5.82 Å². The van der Waals surface area contributed by atoms with E-state index in [0.29, 0.717) is 13.2 Å². The zero-order valence-corrected chi connectivity index (χ0v) is 9.56. The first kappa shape index (κ1) is 12.7. The Kier molecular flexibility index (Phi) is 4.94. The lowest BCUT2D eigenvalue weighted by molar-refractivity contribution is 0.0986. The maximum absolute atomic E-state index is 11.0. The highest BCUT2D eigenvalue weighted by atomic mass is 16.5. The lowest BCUT2D eigenvalue weighted by Gasteiger charge is -2.13. The van der Waals surface area contributed by atoms with Gasteiger partial charge in [0, 0.05) is 32.4 Å². The Morgan fingerprint density at radius 1 is 1.81 bits per heavy atom. The lowest BCUT2D eigenvalue weighted by Crippen LogP contribution is -2.33. The van der Waals surface area contributed by atoms with Gasteiger partial charge in [0.1, 0.15) is 6.20 Å². The molecule has 1 rings (SSSR count). The van der Waals surface area contributed by atoms with Crippen molar-refractivity contribution in [3.63, 3.8) is 0 Å². The van der Waals surface area contributed by atoms with Crippen LogP contribution in [0.25, 0.3) is 0 Å². The predicted octanol–water partition coefficient (Wildman–Crippen LogP) is -0.593. The molecule has 1 heterocycles. The largest absolute Gasteiger partial charge is 0.383 e. The van der Waals surface area contributed by atoms with Crippen molar-refractivity contribution in [3.05, 3.63) is 18.2 Å². The summed E-state index contributed by atoms with van der Waals surface area (Å²) in [5, 5.41) is 3.25. The van der Waals surface area contributed by atoms with Gasteiger partial charge in [0.25, 0.3) is 5.91 Å². The minimum Gasteiger partial charge on any atom is -0.383 e. The van der Waals surface area contributed by atoms with Crippen LogP contribution in [0.5, 0.6) is 0 Å². The van der Waals surface area contributed by atoms with Crippen LogP contribution in [-0.2, 0) is 11.3 Å². The van der Waals surface area contributed by atoms with Crippen LogP contribution in [0.3, 0.4) is 0 Å². The Balaban J connectivity index is 2.37. The quantitative estimate of drug-likeness (QED) is 0.649. The smallest absolute Gasteiger partial charge is 0.284 e. The molecule has 1 aromatic heterocycles. The molecule has 0 spiro atoms. The van der Waals surface area contributed by atoms with Crippen molar-refractivity contribution in [3.8, 4) is 0 Å². The number of nitrogens with two attached hydrogens (primary N) is 1. The highest BCUT2D eigenvalue weighted by Gasteiger charge is 2.08. The molecule has 1 amide bonds. The number of carbonyl (C=O) groups is 1. The summed E-state index contributed by atoms with van der Waals surface area (Å²) in [5.74, 6) is -0.299. The van der Waals surface area contributed by atoms with Crippen molar-refractivity contribution in [1.82, 2.24) is 14.9 Å². The highest BCUT2D eigenvalue weighted by Crippen LogP contribution is 1.95. The SMILES string of the molecule is COCC(C)NCCn1c[c]nc1C(N)=O. The van der Waals surface area contributed by atoms with Gasteiger partial charge in [-0.15, -0.1) is 0 Å². The first-order valence-corrected chi connectivity index (χ1v) is 5.10. The van der Waals surface area contributed by atoms with Gasteiger partial charge in [-0.1, -0.05) is 0 Å². The Bertz CT molecular complexity index is 337. The van der Waals surface area contributed by atoms with Crippen molar-refractivity contribution in [2.75, 3.05) is 20.3 Å². The summed E-state index contributed by atoms with van der Waals surface area (Å²) >= 11 is 0. The Morgan fingerprint density at radius 2 is 2.56 bits per heavy atom. The molecule has 6 heteroatoms. The highest BCUT2D eigenvalue weighted by molar-refractivity contribution is 5.89. The molecule has 0 aliphatic rings. The molecule has 89 valence electrons. The zero-order chi connectivity index (χ0) is 12.0. The fraction of sp³-hybridized carbons (Fsp3) is 0.600. The Morgan fingerprint density at radius 3 is 3.19 bits per heavy atom. The molecule has 16 heavy (non-hydrogen) atoms. The molecule has 3 N–H and O–H groups in total. The van der Waals surface area contributed by atoms with Gasteiger partial charge >= 0.3 is 0 Å². The molecule has 1 aromatic rings. The van der Waals surface area contributed by atoms with E-state index in [4.69, 9.17) is 10.5 Å². The van der Waals surface area contributed by atoms with Gasteiger partial charge in [-0.2, -0.15) is 0 Å². The number of carbonyl (C=O) groups excluding carboxylic acids is 1. The van der Waals surface area contributed by atoms with Crippen LogP contribution in [0.2, 0.25) is 0 Å². The molecule has 0 aliphatic carbocycles. The normalized spacial score (nSPS) is 12.6. The Labute approximate surface area is 94.8 Å². The van der Waals surface area contributed by atoms with Crippen molar-refractivity contribution in [1.29, 1.82) is 0 Å². The molecule has 1 radical (unpaired) electrons. The first-order chi connectivity index (χ1) is 7.65. The fourth-order valence-corrected chi connectivity index (χ4v) is 1.39. The third-order valence-corrected chi connectivity index (χ3v) is 2.14. The minimum absolute atomic E-state index is 0.237. The summed E-state index contributed by atoms with van der Waals surface area (Å²) < 4.78 is 6.67. The molecular weight excluding hydrogens is 208 g/mol. The number of imidazole rings is 1. The van der Waals surface area contributed by atoms with Gasteiger partial charge in [-0.3, -0.25) is 4.79 Å². The van der Waals surface area contributed by atoms with Crippen LogP contribution in [-0.4, -0.2) is 41.8 Å². The second kappa shape index (κ2) is 6.24. The van der Waals surface area contributed by atoms with E-state index in [1.54, 1.807) is 17.9 Å². The second-order valence-electron chi connectivity index (χ2n) is 3.56. The number of ether oxygens (including phenoxy) is 1. The average Bonchev–Trinajstić information content (AvgIpc) is 2.66. The number of hydrogen-bond donors (Lipinski definition) is 2. The lowest BCUT2D eigenvalue weighted by atomic mass is 10.3. The number of amides is 1. The van der Waals surface area contributed by atoms with Crippen molar-refractivity contribution in [2.24, 2.45) is 5.73 Å². The zero-order valence-electron chi connectivity index (χ0n) is 9.56. The van der Waals surface area contributed by atoms with E-state index in [9.17, 15) is 4.79 Å². The van der Waals surface area contributed by atoms with Crippen LogP contribution in [0, 0.1) is 6.20 Å². The van der Waals surface area contributed by atoms with Crippen LogP contribution < -0.4 is 11.1 Å². The number of primary amides is 1. The van der Waals surface area contributed by atoms with Crippen molar-refractivity contribution < 1.29 is 9.53 Å². The molecule has 0 saturated carbocycles. The third-order valence-electron chi connectivity index (χ3n) is 2.14.